The fraction of sp³-hybridized carbons (Fsp3) is 0.300. The van der Waals surface area contributed by atoms with Gasteiger partial charge < -0.3 is 15.2 Å². The molecular weight excluding hydrogens is 348 g/mol. The maximum atomic E-state index is 12.6. The van der Waals surface area contributed by atoms with Gasteiger partial charge in [0.2, 0.25) is 11.9 Å². The smallest absolute Gasteiger partial charge is 0.225 e. The topological polar surface area (TPSA) is 61.0 Å². The van der Waals surface area contributed by atoms with Gasteiger partial charge in [0.15, 0.2) is 0 Å². The number of H-pyrrole nitrogens is 1. The van der Waals surface area contributed by atoms with Gasteiger partial charge in [0.05, 0.1) is 17.0 Å². The molecule has 6 heteroatoms. The van der Waals surface area contributed by atoms with Crippen LogP contribution in [0.25, 0.3) is 11.0 Å². The van der Waals surface area contributed by atoms with Crippen LogP contribution in [0.15, 0.2) is 48.5 Å². The number of hydrogen-bond donors (Lipinski definition) is 2. The number of rotatable bonds is 4. The zero-order valence-electron chi connectivity index (χ0n) is 14.4. The van der Waals surface area contributed by atoms with Gasteiger partial charge in [-0.2, -0.15) is 0 Å². The lowest BCUT2D eigenvalue weighted by atomic mass is 9.97. The number of hydrogen-bond acceptors (Lipinski definition) is 3. The molecule has 1 atom stereocenters. The van der Waals surface area contributed by atoms with E-state index >= 15 is 0 Å². The molecule has 134 valence electrons. The number of nitrogens with zero attached hydrogens (tertiary/aromatic N) is 2. The molecular formula is C20H21ClN4O. The van der Waals surface area contributed by atoms with Crippen molar-refractivity contribution in [2.75, 3.05) is 18.0 Å². The Morgan fingerprint density at radius 2 is 2.12 bits per heavy atom. The molecule has 1 aromatic heterocycles. The Balaban J connectivity index is 1.42. The summed E-state index contributed by atoms with van der Waals surface area (Å²) in [4.78, 5) is 22.7. The van der Waals surface area contributed by atoms with Crippen molar-refractivity contribution >= 4 is 34.5 Å². The molecule has 4 rings (SSSR count). The van der Waals surface area contributed by atoms with E-state index in [1.807, 2.05) is 48.5 Å². The summed E-state index contributed by atoms with van der Waals surface area (Å²) in [6.45, 7) is 2.14. The minimum Gasteiger partial charge on any atom is -0.352 e. The van der Waals surface area contributed by atoms with E-state index in [0.29, 0.717) is 18.1 Å². The third-order valence-corrected chi connectivity index (χ3v) is 5.07. The second-order valence-corrected chi connectivity index (χ2v) is 7.15. The third-order valence-electron chi connectivity index (χ3n) is 4.83. The molecule has 0 unspecified atom stereocenters. The van der Waals surface area contributed by atoms with Crippen LogP contribution in [-0.2, 0) is 11.3 Å². The van der Waals surface area contributed by atoms with Crippen molar-refractivity contribution in [3.8, 4) is 0 Å². The van der Waals surface area contributed by atoms with Crippen molar-refractivity contribution in [1.29, 1.82) is 0 Å². The highest BCUT2D eigenvalue weighted by Crippen LogP contribution is 2.25. The molecule has 2 aromatic carbocycles. The Morgan fingerprint density at radius 3 is 2.96 bits per heavy atom. The van der Waals surface area contributed by atoms with Gasteiger partial charge in [-0.05, 0) is 36.6 Å². The van der Waals surface area contributed by atoms with Gasteiger partial charge in [-0.25, -0.2) is 4.98 Å². The highest BCUT2D eigenvalue weighted by Gasteiger charge is 2.27. The summed E-state index contributed by atoms with van der Waals surface area (Å²) >= 11 is 6.05. The molecule has 5 nitrogen and oxygen atoms in total. The van der Waals surface area contributed by atoms with Crippen molar-refractivity contribution in [3.63, 3.8) is 0 Å². The van der Waals surface area contributed by atoms with E-state index in [0.717, 1.165) is 41.9 Å². The molecule has 0 radical (unpaired) electrons. The molecule has 1 aliphatic rings. The maximum Gasteiger partial charge on any atom is 0.225 e. The Kier molecular flexibility index (Phi) is 4.80. The van der Waals surface area contributed by atoms with Gasteiger partial charge in [-0.3, -0.25) is 4.79 Å². The first-order valence-corrected chi connectivity index (χ1v) is 9.29. The summed E-state index contributed by atoms with van der Waals surface area (Å²) in [5, 5.41) is 3.75. The fourth-order valence-corrected chi connectivity index (χ4v) is 3.60. The largest absolute Gasteiger partial charge is 0.352 e. The molecule has 26 heavy (non-hydrogen) atoms. The number of fused-ring (bicyclic) bond motifs is 1. The lowest BCUT2D eigenvalue weighted by Gasteiger charge is -2.31. The Bertz CT molecular complexity index is 909. The Morgan fingerprint density at radius 1 is 1.27 bits per heavy atom. The quantitative estimate of drug-likeness (QED) is 0.737. The monoisotopic (exact) mass is 368 g/mol. The minimum atomic E-state index is -0.0238. The summed E-state index contributed by atoms with van der Waals surface area (Å²) in [5.74, 6) is 0.893. The molecule has 2 heterocycles. The molecule has 2 N–H and O–H groups in total. The summed E-state index contributed by atoms with van der Waals surface area (Å²) in [6, 6.07) is 15.6. The zero-order chi connectivity index (χ0) is 17.9. The van der Waals surface area contributed by atoms with Crippen molar-refractivity contribution in [2.24, 2.45) is 5.92 Å². The second-order valence-electron chi connectivity index (χ2n) is 6.71. The molecule has 1 aliphatic heterocycles. The van der Waals surface area contributed by atoms with Crippen LogP contribution in [0, 0.1) is 5.92 Å². The molecule has 0 aliphatic carbocycles. The summed E-state index contributed by atoms with van der Waals surface area (Å²) < 4.78 is 0. The molecule has 1 fully saturated rings. The van der Waals surface area contributed by atoms with Gasteiger partial charge in [0.25, 0.3) is 0 Å². The lowest BCUT2D eigenvalue weighted by Crippen LogP contribution is -2.43. The highest BCUT2D eigenvalue weighted by molar-refractivity contribution is 6.31. The molecule has 1 saturated heterocycles. The first-order valence-electron chi connectivity index (χ1n) is 8.91. The number of nitrogens with one attached hydrogen (secondary N) is 2. The van der Waals surface area contributed by atoms with Gasteiger partial charge >= 0.3 is 0 Å². The third kappa shape index (κ3) is 3.68. The van der Waals surface area contributed by atoms with E-state index in [4.69, 9.17) is 11.6 Å². The van der Waals surface area contributed by atoms with E-state index in [9.17, 15) is 4.79 Å². The number of carbonyl (C=O) groups excluding carboxylic acids is 1. The number of halogens is 1. The van der Waals surface area contributed by atoms with Crippen molar-refractivity contribution < 1.29 is 4.79 Å². The van der Waals surface area contributed by atoms with Crippen LogP contribution in [0.4, 0.5) is 5.95 Å². The molecule has 0 bridgehead atoms. The number of carbonyl (C=O) groups is 1. The highest BCUT2D eigenvalue weighted by atomic mass is 35.5. The zero-order valence-corrected chi connectivity index (χ0v) is 15.2. The molecule has 3 aromatic rings. The second kappa shape index (κ2) is 7.38. The van der Waals surface area contributed by atoms with E-state index < -0.39 is 0 Å². The molecule has 0 saturated carbocycles. The van der Waals surface area contributed by atoms with Crippen molar-refractivity contribution in [1.82, 2.24) is 15.3 Å². The fourth-order valence-electron chi connectivity index (χ4n) is 3.43. The van der Waals surface area contributed by atoms with E-state index in [1.54, 1.807) is 0 Å². The average molecular weight is 369 g/mol. The maximum absolute atomic E-state index is 12.6. The Hall–Kier alpha value is -2.53. The first kappa shape index (κ1) is 16.9. The predicted octanol–water partition coefficient (Wildman–Crippen LogP) is 3.75. The van der Waals surface area contributed by atoms with E-state index in [2.05, 4.69) is 20.2 Å². The minimum absolute atomic E-state index is 0.0238. The molecule has 1 amide bonds. The van der Waals surface area contributed by atoms with Crippen LogP contribution in [0.2, 0.25) is 5.02 Å². The van der Waals surface area contributed by atoms with Crippen molar-refractivity contribution in [2.45, 2.75) is 19.4 Å². The van der Waals surface area contributed by atoms with Crippen LogP contribution >= 0.6 is 11.6 Å². The predicted molar refractivity (Wildman–Crippen MR) is 104 cm³/mol. The number of anilines is 1. The normalized spacial score (nSPS) is 17.4. The van der Waals surface area contributed by atoms with Crippen LogP contribution in [0.3, 0.4) is 0 Å². The number of amides is 1. The van der Waals surface area contributed by atoms with E-state index in [1.165, 1.54) is 0 Å². The van der Waals surface area contributed by atoms with Crippen LogP contribution in [-0.4, -0.2) is 29.0 Å². The average Bonchev–Trinajstić information content (AvgIpc) is 3.10. The summed E-state index contributed by atoms with van der Waals surface area (Å²) in [6.07, 6.45) is 1.88. The lowest BCUT2D eigenvalue weighted by molar-refractivity contribution is -0.125. The number of piperidine rings is 1. The van der Waals surface area contributed by atoms with Crippen LogP contribution in [0.1, 0.15) is 18.4 Å². The van der Waals surface area contributed by atoms with Crippen LogP contribution < -0.4 is 10.2 Å². The number of benzene rings is 2. The van der Waals surface area contributed by atoms with Crippen molar-refractivity contribution in [3.05, 3.63) is 59.1 Å². The van der Waals surface area contributed by atoms with E-state index in [-0.39, 0.29) is 11.8 Å². The van der Waals surface area contributed by atoms with Gasteiger partial charge in [-0.15, -0.1) is 0 Å². The number of imidazole rings is 1. The molecule has 0 spiro atoms. The SMILES string of the molecule is O=C(NCc1ccccc1)[C@H]1CCCN(c2nc3ccc(Cl)cc3[nH]2)C1. The van der Waals surface area contributed by atoms with Gasteiger partial charge in [-0.1, -0.05) is 41.9 Å². The summed E-state index contributed by atoms with van der Waals surface area (Å²) in [5.41, 5.74) is 2.92. The van der Waals surface area contributed by atoms with Gasteiger partial charge in [0.1, 0.15) is 0 Å². The standard InChI is InChI=1S/C20H21ClN4O/c21-16-8-9-17-18(11-16)24-20(23-17)25-10-4-7-15(13-25)19(26)22-12-14-5-2-1-3-6-14/h1-3,5-6,8-9,11,15H,4,7,10,12-13H2,(H,22,26)(H,23,24)/t15-/m0/s1. The first-order chi connectivity index (χ1) is 12.7. The number of aromatic nitrogens is 2. The summed E-state index contributed by atoms with van der Waals surface area (Å²) in [7, 11) is 0. The Labute approximate surface area is 157 Å². The van der Waals surface area contributed by atoms with Gasteiger partial charge in [0, 0.05) is 24.7 Å². The number of aromatic amines is 1. The van der Waals surface area contributed by atoms with Crippen LogP contribution in [0.5, 0.6) is 0 Å².